The van der Waals surface area contributed by atoms with Crippen LogP contribution in [-0.4, -0.2) is 38.7 Å². The highest BCUT2D eigenvalue weighted by molar-refractivity contribution is 8.00. The molecule has 0 amide bonds. The number of hydrogen-bond acceptors (Lipinski definition) is 4. The molecule has 5 heteroatoms. The minimum atomic E-state index is -0.187. The average molecular weight is 271 g/mol. The van der Waals surface area contributed by atoms with Crippen LogP contribution in [0.3, 0.4) is 0 Å². The Hall–Kier alpha value is -0.620. The summed E-state index contributed by atoms with van der Waals surface area (Å²) in [5.41, 5.74) is 1.00. The number of methoxy groups -OCH3 is 1. The molecule has 0 unspecified atom stereocenters. The van der Waals surface area contributed by atoms with E-state index >= 15 is 0 Å². The fraction of sp³-hybridized carbons (Fsp3) is 0.538. The molecule has 0 saturated carbocycles. The maximum Gasteiger partial charge on any atom is 0.123 e. The number of thioether (sulfide) groups is 1. The fourth-order valence-electron chi connectivity index (χ4n) is 1.66. The normalized spacial score (nSPS) is 15.7. The van der Waals surface area contributed by atoms with Crippen molar-refractivity contribution in [2.45, 2.75) is 16.7 Å². The van der Waals surface area contributed by atoms with Crippen molar-refractivity contribution in [1.82, 2.24) is 5.32 Å². The molecule has 1 aliphatic heterocycles. The van der Waals surface area contributed by atoms with Gasteiger partial charge in [-0.3, -0.25) is 0 Å². The molecule has 1 fully saturated rings. The molecule has 0 aromatic heterocycles. The SMILES string of the molecule is COCCNCc1cc(F)ccc1SC1COC1. The van der Waals surface area contributed by atoms with Gasteiger partial charge in [-0.05, 0) is 23.8 Å². The Kier molecular flexibility index (Phi) is 5.44. The topological polar surface area (TPSA) is 30.5 Å². The molecule has 0 radical (unpaired) electrons. The Bertz CT molecular complexity index is 385. The van der Waals surface area contributed by atoms with Crippen molar-refractivity contribution in [3.8, 4) is 0 Å². The van der Waals surface area contributed by atoms with Gasteiger partial charge in [-0.15, -0.1) is 11.8 Å². The third kappa shape index (κ3) is 3.95. The van der Waals surface area contributed by atoms with Gasteiger partial charge in [-0.2, -0.15) is 0 Å². The van der Waals surface area contributed by atoms with Crippen molar-refractivity contribution in [2.24, 2.45) is 0 Å². The van der Waals surface area contributed by atoms with Crippen LogP contribution in [0.2, 0.25) is 0 Å². The van der Waals surface area contributed by atoms with Gasteiger partial charge in [-0.25, -0.2) is 4.39 Å². The number of halogens is 1. The molecule has 1 aromatic rings. The Morgan fingerprint density at radius 1 is 1.50 bits per heavy atom. The lowest BCUT2D eigenvalue weighted by molar-refractivity contribution is 0.0455. The monoisotopic (exact) mass is 271 g/mol. The molecule has 18 heavy (non-hydrogen) atoms. The highest BCUT2D eigenvalue weighted by atomic mass is 32.2. The first-order valence-corrected chi connectivity index (χ1v) is 6.90. The van der Waals surface area contributed by atoms with Gasteiger partial charge in [0.1, 0.15) is 5.82 Å². The van der Waals surface area contributed by atoms with E-state index in [9.17, 15) is 4.39 Å². The van der Waals surface area contributed by atoms with Crippen LogP contribution in [0.25, 0.3) is 0 Å². The van der Waals surface area contributed by atoms with E-state index in [1.165, 1.54) is 6.07 Å². The minimum Gasteiger partial charge on any atom is -0.383 e. The van der Waals surface area contributed by atoms with Gasteiger partial charge in [0.05, 0.1) is 25.1 Å². The molecule has 1 saturated heterocycles. The largest absolute Gasteiger partial charge is 0.383 e. The lowest BCUT2D eigenvalue weighted by atomic mass is 10.2. The summed E-state index contributed by atoms with van der Waals surface area (Å²) in [4.78, 5) is 1.13. The van der Waals surface area contributed by atoms with E-state index in [2.05, 4.69) is 5.32 Å². The minimum absolute atomic E-state index is 0.187. The van der Waals surface area contributed by atoms with Gasteiger partial charge in [0.2, 0.25) is 0 Å². The van der Waals surface area contributed by atoms with Crippen LogP contribution < -0.4 is 5.32 Å². The summed E-state index contributed by atoms with van der Waals surface area (Å²) in [6.07, 6.45) is 0. The van der Waals surface area contributed by atoms with E-state index in [4.69, 9.17) is 9.47 Å². The standard InChI is InChI=1S/C13H18FNO2S/c1-16-5-4-15-7-10-6-11(14)2-3-13(10)18-12-8-17-9-12/h2-3,6,12,15H,4-5,7-9H2,1H3. The molecule has 1 aliphatic rings. The van der Waals surface area contributed by atoms with E-state index in [1.54, 1.807) is 24.9 Å². The molecular formula is C13H18FNO2S. The Morgan fingerprint density at radius 3 is 3.00 bits per heavy atom. The molecule has 1 aromatic carbocycles. The van der Waals surface area contributed by atoms with Gasteiger partial charge in [0.15, 0.2) is 0 Å². The number of rotatable bonds is 7. The predicted molar refractivity (Wildman–Crippen MR) is 70.4 cm³/mol. The first-order valence-electron chi connectivity index (χ1n) is 6.02. The van der Waals surface area contributed by atoms with Crippen LogP contribution in [-0.2, 0) is 16.0 Å². The molecule has 3 nitrogen and oxygen atoms in total. The number of benzene rings is 1. The van der Waals surface area contributed by atoms with E-state index in [0.717, 1.165) is 30.2 Å². The molecule has 0 spiro atoms. The summed E-state index contributed by atoms with van der Waals surface area (Å²) < 4.78 is 23.4. The first-order chi connectivity index (χ1) is 8.79. The zero-order valence-electron chi connectivity index (χ0n) is 10.4. The van der Waals surface area contributed by atoms with Crippen molar-refractivity contribution in [3.63, 3.8) is 0 Å². The Balaban J connectivity index is 1.93. The van der Waals surface area contributed by atoms with Crippen LogP contribution >= 0.6 is 11.8 Å². The molecule has 1 N–H and O–H groups in total. The summed E-state index contributed by atoms with van der Waals surface area (Å²) in [6.45, 7) is 3.67. The van der Waals surface area contributed by atoms with Gasteiger partial charge in [0.25, 0.3) is 0 Å². The summed E-state index contributed by atoms with van der Waals surface area (Å²) in [7, 11) is 1.67. The van der Waals surface area contributed by atoms with Crippen LogP contribution in [0.15, 0.2) is 23.1 Å². The third-order valence-electron chi connectivity index (χ3n) is 2.72. The summed E-state index contributed by atoms with van der Waals surface area (Å²) in [5, 5.41) is 3.75. The van der Waals surface area contributed by atoms with Crippen molar-refractivity contribution < 1.29 is 13.9 Å². The van der Waals surface area contributed by atoms with Gasteiger partial charge < -0.3 is 14.8 Å². The van der Waals surface area contributed by atoms with Crippen molar-refractivity contribution in [3.05, 3.63) is 29.6 Å². The van der Waals surface area contributed by atoms with Crippen molar-refractivity contribution in [1.29, 1.82) is 0 Å². The lowest BCUT2D eigenvalue weighted by Gasteiger charge is -2.26. The predicted octanol–water partition coefficient (Wildman–Crippen LogP) is 2.05. The van der Waals surface area contributed by atoms with Crippen molar-refractivity contribution in [2.75, 3.05) is 33.5 Å². The first kappa shape index (κ1) is 13.8. The molecule has 0 aliphatic carbocycles. The number of hydrogen-bond donors (Lipinski definition) is 1. The molecule has 0 bridgehead atoms. The molecule has 2 rings (SSSR count). The smallest absolute Gasteiger partial charge is 0.123 e. The molecular weight excluding hydrogens is 253 g/mol. The second kappa shape index (κ2) is 7.09. The molecule has 0 atom stereocenters. The highest BCUT2D eigenvalue weighted by Gasteiger charge is 2.20. The van der Waals surface area contributed by atoms with Gasteiger partial charge in [0, 0.05) is 25.1 Å². The van der Waals surface area contributed by atoms with Crippen LogP contribution in [0.5, 0.6) is 0 Å². The Morgan fingerprint density at radius 2 is 2.33 bits per heavy atom. The number of ether oxygens (including phenoxy) is 2. The maximum absolute atomic E-state index is 13.3. The number of nitrogens with one attached hydrogen (secondary N) is 1. The second-order valence-electron chi connectivity index (χ2n) is 4.20. The summed E-state index contributed by atoms with van der Waals surface area (Å²) in [5.74, 6) is -0.187. The van der Waals surface area contributed by atoms with E-state index < -0.39 is 0 Å². The van der Waals surface area contributed by atoms with Gasteiger partial charge >= 0.3 is 0 Å². The average Bonchev–Trinajstić information content (AvgIpc) is 2.31. The summed E-state index contributed by atoms with van der Waals surface area (Å²) in [6, 6.07) is 4.97. The summed E-state index contributed by atoms with van der Waals surface area (Å²) >= 11 is 1.77. The van der Waals surface area contributed by atoms with Crippen LogP contribution in [0, 0.1) is 5.82 Å². The van der Waals surface area contributed by atoms with E-state index in [1.807, 2.05) is 6.07 Å². The lowest BCUT2D eigenvalue weighted by Crippen LogP contribution is -2.30. The molecule has 1 heterocycles. The third-order valence-corrected chi connectivity index (χ3v) is 3.98. The zero-order chi connectivity index (χ0) is 12.8. The highest BCUT2D eigenvalue weighted by Crippen LogP contribution is 2.31. The molecule has 100 valence electrons. The van der Waals surface area contributed by atoms with E-state index in [-0.39, 0.29) is 5.82 Å². The quantitative estimate of drug-likeness (QED) is 0.769. The fourth-order valence-corrected chi connectivity index (χ4v) is 2.78. The maximum atomic E-state index is 13.3. The van der Waals surface area contributed by atoms with Crippen molar-refractivity contribution >= 4 is 11.8 Å². The van der Waals surface area contributed by atoms with Crippen LogP contribution in [0.1, 0.15) is 5.56 Å². The van der Waals surface area contributed by atoms with E-state index in [0.29, 0.717) is 18.4 Å². The Labute approximate surface area is 111 Å². The zero-order valence-corrected chi connectivity index (χ0v) is 11.3. The second-order valence-corrected chi connectivity index (χ2v) is 5.54. The van der Waals surface area contributed by atoms with Gasteiger partial charge in [-0.1, -0.05) is 0 Å². The van der Waals surface area contributed by atoms with Crippen LogP contribution in [0.4, 0.5) is 4.39 Å².